The number of nitrogens with zero attached hydrogens (tertiary/aromatic N) is 1. The first kappa shape index (κ1) is 17.5. The molecule has 4 nitrogen and oxygen atoms in total. The molecule has 28 heavy (non-hydrogen) atoms. The Labute approximate surface area is 164 Å². The molecule has 0 amide bonds. The van der Waals surface area contributed by atoms with Crippen LogP contribution < -0.4 is 10.4 Å². The van der Waals surface area contributed by atoms with Crippen molar-refractivity contribution in [1.82, 2.24) is 4.90 Å². The van der Waals surface area contributed by atoms with Gasteiger partial charge in [-0.1, -0.05) is 30.3 Å². The molecule has 5 rings (SSSR count). The molecule has 3 aromatic rings. The van der Waals surface area contributed by atoms with Gasteiger partial charge in [0, 0.05) is 34.7 Å². The van der Waals surface area contributed by atoms with Crippen LogP contribution in [0.1, 0.15) is 53.6 Å². The highest BCUT2D eigenvalue weighted by molar-refractivity contribution is 5.87. The Morgan fingerprint density at radius 3 is 2.61 bits per heavy atom. The van der Waals surface area contributed by atoms with E-state index in [9.17, 15) is 4.79 Å². The smallest absolute Gasteiger partial charge is 0.339 e. The van der Waals surface area contributed by atoms with Crippen LogP contribution in [0.5, 0.6) is 5.75 Å². The molecular weight excluding hydrogens is 350 g/mol. The zero-order valence-corrected chi connectivity index (χ0v) is 16.5. The number of hydrogen-bond acceptors (Lipinski definition) is 4. The molecule has 4 heteroatoms. The summed E-state index contributed by atoms with van der Waals surface area (Å²) in [6.07, 6.45) is 3.99. The molecule has 0 fully saturated rings. The van der Waals surface area contributed by atoms with E-state index >= 15 is 0 Å². The Morgan fingerprint density at radius 2 is 1.82 bits per heavy atom. The maximum Gasteiger partial charge on any atom is 0.339 e. The summed E-state index contributed by atoms with van der Waals surface area (Å²) in [5.74, 6) is 0.878. The normalized spacial score (nSPS) is 17.6. The molecular formula is C24H25NO3. The van der Waals surface area contributed by atoms with Crippen molar-refractivity contribution in [3.63, 3.8) is 0 Å². The van der Waals surface area contributed by atoms with Crippen LogP contribution in [0.2, 0.25) is 0 Å². The SMILES string of the molecule is Cc1c2c(cc3c4c(c(=O)oc13)CCCC4)CN([C@@H](C)c1ccccc1)CO2. The predicted molar refractivity (Wildman–Crippen MR) is 110 cm³/mol. The largest absolute Gasteiger partial charge is 0.477 e. The van der Waals surface area contributed by atoms with Gasteiger partial charge in [-0.05, 0) is 56.7 Å². The summed E-state index contributed by atoms with van der Waals surface area (Å²) in [5, 5.41) is 1.10. The van der Waals surface area contributed by atoms with Gasteiger partial charge in [0.2, 0.25) is 0 Å². The molecule has 1 aliphatic heterocycles. The van der Waals surface area contributed by atoms with E-state index in [0.29, 0.717) is 12.3 Å². The highest BCUT2D eigenvalue weighted by atomic mass is 16.5. The number of ether oxygens (including phenoxy) is 1. The maximum atomic E-state index is 12.5. The number of hydrogen-bond donors (Lipinski definition) is 0. The minimum Gasteiger partial charge on any atom is -0.477 e. The first-order valence-corrected chi connectivity index (χ1v) is 10.2. The quantitative estimate of drug-likeness (QED) is 0.598. The van der Waals surface area contributed by atoms with Gasteiger partial charge in [0.05, 0.1) is 0 Å². The third kappa shape index (κ3) is 2.75. The first-order valence-electron chi connectivity index (χ1n) is 10.2. The topological polar surface area (TPSA) is 42.7 Å². The van der Waals surface area contributed by atoms with Crippen molar-refractivity contribution < 1.29 is 9.15 Å². The van der Waals surface area contributed by atoms with Gasteiger partial charge in [0.15, 0.2) is 0 Å². The molecule has 2 heterocycles. The third-order valence-electron chi connectivity index (χ3n) is 6.35. The molecule has 1 aliphatic carbocycles. The number of benzene rings is 2. The van der Waals surface area contributed by atoms with E-state index in [1.54, 1.807) is 0 Å². The van der Waals surface area contributed by atoms with Crippen LogP contribution >= 0.6 is 0 Å². The maximum absolute atomic E-state index is 12.5. The second kappa shape index (κ2) is 6.78. The summed E-state index contributed by atoms with van der Waals surface area (Å²) in [5.41, 5.74) is 6.02. The van der Waals surface area contributed by atoms with E-state index in [0.717, 1.165) is 54.5 Å². The van der Waals surface area contributed by atoms with E-state index in [1.165, 1.54) is 16.7 Å². The van der Waals surface area contributed by atoms with Gasteiger partial charge < -0.3 is 9.15 Å². The van der Waals surface area contributed by atoms with Crippen molar-refractivity contribution in [2.45, 2.75) is 52.1 Å². The Hall–Kier alpha value is -2.59. The van der Waals surface area contributed by atoms with Gasteiger partial charge in [-0.3, -0.25) is 4.90 Å². The minimum atomic E-state index is -0.166. The van der Waals surface area contributed by atoms with Crippen LogP contribution in [0.15, 0.2) is 45.6 Å². The van der Waals surface area contributed by atoms with Gasteiger partial charge >= 0.3 is 5.63 Å². The molecule has 0 spiro atoms. The lowest BCUT2D eigenvalue weighted by Gasteiger charge is -2.34. The third-order valence-corrected chi connectivity index (χ3v) is 6.35. The van der Waals surface area contributed by atoms with E-state index in [4.69, 9.17) is 9.15 Å². The Balaban J connectivity index is 1.59. The lowest BCUT2D eigenvalue weighted by Crippen LogP contribution is -2.34. The van der Waals surface area contributed by atoms with Crippen molar-refractivity contribution in [2.75, 3.05) is 6.73 Å². The van der Waals surface area contributed by atoms with E-state index < -0.39 is 0 Å². The second-order valence-corrected chi connectivity index (χ2v) is 8.03. The monoisotopic (exact) mass is 375 g/mol. The van der Waals surface area contributed by atoms with E-state index in [1.807, 2.05) is 13.0 Å². The molecule has 2 aliphatic rings. The molecule has 0 radical (unpaired) electrons. The molecule has 1 aromatic heterocycles. The lowest BCUT2D eigenvalue weighted by molar-refractivity contribution is 0.0613. The van der Waals surface area contributed by atoms with Gasteiger partial charge in [-0.25, -0.2) is 4.79 Å². The van der Waals surface area contributed by atoms with Crippen LogP contribution in [0.25, 0.3) is 11.0 Å². The summed E-state index contributed by atoms with van der Waals surface area (Å²) >= 11 is 0. The average Bonchev–Trinajstić information content (AvgIpc) is 2.75. The Bertz CT molecular complexity index is 1100. The van der Waals surface area contributed by atoms with Crippen molar-refractivity contribution in [3.05, 3.63) is 74.6 Å². The zero-order valence-electron chi connectivity index (χ0n) is 16.5. The number of aryl methyl sites for hydroxylation is 2. The summed E-state index contributed by atoms with van der Waals surface area (Å²) < 4.78 is 11.9. The molecule has 0 saturated carbocycles. The van der Waals surface area contributed by atoms with Crippen LogP contribution in [-0.4, -0.2) is 11.6 Å². The second-order valence-electron chi connectivity index (χ2n) is 8.03. The summed E-state index contributed by atoms with van der Waals surface area (Å²) in [7, 11) is 0. The van der Waals surface area contributed by atoms with Crippen molar-refractivity contribution in [3.8, 4) is 5.75 Å². The van der Waals surface area contributed by atoms with Gasteiger partial charge in [0.1, 0.15) is 18.1 Å². The van der Waals surface area contributed by atoms with Crippen LogP contribution in [0, 0.1) is 6.92 Å². The highest BCUT2D eigenvalue weighted by Crippen LogP contribution is 2.39. The molecule has 0 bridgehead atoms. The van der Waals surface area contributed by atoms with Gasteiger partial charge in [0.25, 0.3) is 0 Å². The Morgan fingerprint density at radius 1 is 1.07 bits per heavy atom. The van der Waals surface area contributed by atoms with Crippen molar-refractivity contribution >= 4 is 11.0 Å². The van der Waals surface area contributed by atoms with Crippen LogP contribution in [-0.2, 0) is 19.4 Å². The average molecular weight is 375 g/mol. The summed E-state index contributed by atoms with van der Waals surface area (Å²) in [6.45, 7) is 5.59. The van der Waals surface area contributed by atoms with E-state index in [2.05, 4.69) is 42.2 Å². The van der Waals surface area contributed by atoms with Crippen molar-refractivity contribution in [1.29, 1.82) is 0 Å². The molecule has 144 valence electrons. The van der Waals surface area contributed by atoms with Gasteiger partial charge in [-0.15, -0.1) is 0 Å². The molecule has 1 atom stereocenters. The highest BCUT2D eigenvalue weighted by Gasteiger charge is 2.27. The van der Waals surface area contributed by atoms with Crippen LogP contribution in [0.3, 0.4) is 0 Å². The predicted octanol–water partition coefficient (Wildman–Crippen LogP) is 4.89. The summed E-state index contributed by atoms with van der Waals surface area (Å²) in [4.78, 5) is 14.8. The fraction of sp³-hybridized carbons (Fsp3) is 0.375. The minimum absolute atomic E-state index is 0.166. The fourth-order valence-electron chi connectivity index (χ4n) is 4.71. The van der Waals surface area contributed by atoms with Gasteiger partial charge in [-0.2, -0.15) is 0 Å². The van der Waals surface area contributed by atoms with Crippen LogP contribution in [0.4, 0.5) is 0 Å². The first-order chi connectivity index (χ1) is 13.6. The molecule has 0 unspecified atom stereocenters. The number of fused-ring (bicyclic) bond motifs is 4. The number of rotatable bonds is 2. The molecule has 0 N–H and O–H groups in total. The standard InChI is InChI=1S/C24H25NO3/c1-15-22-18(13-25(14-27-22)16(2)17-8-4-3-5-9-17)12-21-19-10-6-7-11-20(19)24(26)28-23(15)21/h3-5,8-9,12,16H,6-7,10-11,13-14H2,1-2H3/t16-/m0/s1. The van der Waals surface area contributed by atoms with Crippen molar-refractivity contribution in [2.24, 2.45) is 0 Å². The molecule has 0 saturated heterocycles. The fourth-order valence-corrected chi connectivity index (χ4v) is 4.71. The zero-order chi connectivity index (χ0) is 19.3. The Kier molecular flexibility index (Phi) is 4.24. The molecule has 2 aromatic carbocycles. The van der Waals surface area contributed by atoms with E-state index in [-0.39, 0.29) is 11.7 Å². The lowest BCUT2D eigenvalue weighted by atomic mass is 9.89. The summed E-state index contributed by atoms with van der Waals surface area (Å²) in [6, 6.07) is 13.0.